The molecule has 1 heterocycles. The highest BCUT2D eigenvalue weighted by Crippen LogP contribution is 2.47. The standard InChI is InChI=1S/C17H19NO3/c1-20-11-13-6-3-2-5-12(13)10-18-17(19)15-9-14(15)16-7-4-8-21-16/h2-8,14-15H,9-11H2,1H3,(H,18,19). The Hall–Kier alpha value is -2.07. The van der Waals surface area contributed by atoms with Gasteiger partial charge in [0.15, 0.2) is 0 Å². The molecule has 0 bridgehead atoms. The van der Waals surface area contributed by atoms with E-state index in [2.05, 4.69) is 5.32 Å². The van der Waals surface area contributed by atoms with Crippen molar-refractivity contribution in [2.75, 3.05) is 7.11 Å². The first-order valence-corrected chi connectivity index (χ1v) is 7.16. The number of carbonyl (C=O) groups is 1. The monoisotopic (exact) mass is 285 g/mol. The molecule has 2 atom stereocenters. The molecule has 1 aromatic heterocycles. The van der Waals surface area contributed by atoms with Gasteiger partial charge in [-0.3, -0.25) is 4.79 Å². The van der Waals surface area contributed by atoms with E-state index in [1.807, 2.05) is 36.4 Å². The van der Waals surface area contributed by atoms with Gasteiger partial charge in [0.05, 0.1) is 12.9 Å². The summed E-state index contributed by atoms with van der Waals surface area (Å²) in [4.78, 5) is 12.2. The number of ether oxygens (including phenoxy) is 1. The van der Waals surface area contributed by atoms with Crippen molar-refractivity contribution in [1.82, 2.24) is 5.32 Å². The summed E-state index contributed by atoms with van der Waals surface area (Å²) in [7, 11) is 1.67. The molecule has 0 aliphatic heterocycles. The van der Waals surface area contributed by atoms with E-state index in [9.17, 15) is 4.79 Å². The molecule has 3 rings (SSSR count). The SMILES string of the molecule is COCc1ccccc1CNC(=O)C1CC1c1ccco1. The Morgan fingerprint density at radius 1 is 1.29 bits per heavy atom. The molecule has 1 aliphatic rings. The van der Waals surface area contributed by atoms with Crippen LogP contribution in [0.4, 0.5) is 0 Å². The molecule has 4 heteroatoms. The third-order valence-electron chi connectivity index (χ3n) is 3.91. The van der Waals surface area contributed by atoms with E-state index >= 15 is 0 Å². The molecule has 0 radical (unpaired) electrons. The summed E-state index contributed by atoms with van der Waals surface area (Å²) in [5.74, 6) is 1.30. The van der Waals surface area contributed by atoms with E-state index in [4.69, 9.17) is 9.15 Å². The van der Waals surface area contributed by atoms with Crippen molar-refractivity contribution >= 4 is 5.91 Å². The average molecular weight is 285 g/mol. The first kappa shape index (κ1) is 13.9. The number of methoxy groups -OCH3 is 1. The van der Waals surface area contributed by atoms with Gasteiger partial charge in [-0.2, -0.15) is 0 Å². The second kappa shape index (κ2) is 6.14. The second-order valence-corrected chi connectivity index (χ2v) is 5.38. The van der Waals surface area contributed by atoms with Gasteiger partial charge in [-0.15, -0.1) is 0 Å². The topological polar surface area (TPSA) is 51.5 Å². The van der Waals surface area contributed by atoms with Crippen LogP contribution in [0.5, 0.6) is 0 Å². The zero-order valence-corrected chi connectivity index (χ0v) is 12.0. The Morgan fingerprint density at radius 3 is 2.81 bits per heavy atom. The third-order valence-corrected chi connectivity index (χ3v) is 3.91. The molecule has 110 valence electrons. The molecule has 1 amide bonds. The summed E-state index contributed by atoms with van der Waals surface area (Å²) in [5.41, 5.74) is 2.21. The lowest BCUT2D eigenvalue weighted by molar-refractivity contribution is -0.122. The number of benzene rings is 1. The molecule has 1 fully saturated rings. The van der Waals surface area contributed by atoms with Crippen molar-refractivity contribution in [3.8, 4) is 0 Å². The normalized spacial score (nSPS) is 20.2. The number of rotatable bonds is 6. The molecular formula is C17H19NO3. The van der Waals surface area contributed by atoms with Crippen molar-refractivity contribution in [2.45, 2.75) is 25.5 Å². The molecule has 1 aromatic carbocycles. The second-order valence-electron chi connectivity index (χ2n) is 5.38. The van der Waals surface area contributed by atoms with Gasteiger partial charge in [-0.1, -0.05) is 24.3 Å². The molecule has 0 spiro atoms. The van der Waals surface area contributed by atoms with Crippen LogP contribution in [0.1, 0.15) is 29.2 Å². The van der Waals surface area contributed by atoms with E-state index in [1.54, 1.807) is 13.4 Å². The van der Waals surface area contributed by atoms with E-state index in [0.717, 1.165) is 23.3 Å². The van der Waals surface area contributed by atoms with Gasteiger partial charge in [-0.25, -0.2) is 0 Å². The van der Waals surface area contributed by atoms with Gasteiger partial charge in [0.2, 0.25) is 5.91 Å². The fourth-order valence-electron chi connectivity index (χ4n) is 2.64. The van der Waals surface area contributed by atoms with Crippen LogP contribution in [-0.2, 0) is 22.7 Å². The minimum Gasteiger partial charge on any atom is -0.469 e. The zero-order valence-electron chi connectivity index (χ0n) is 12.0. The Morgan fingerprint density at radius 2 is 2.10 bits per heavy atom. The maximum Gasteiger partial charge on any atom is 0.224 e. The number of hydrogen-bond acceptors (Lipinski definition) is 3. The highest BCUT2D eigenvalue weighted by Gasteiger charge is 2.45. The first-order valence-electron chi connectivity index (χ1n) is 7.16. The zero-order chi connectivity index (χ0) is 14.7. The molecule has 1 N–H and O–H groups in total. The van der Waals surface area contributed by atoms with Crippen LogP contribution in [0.3, 0.4) is 0 Å². The number of hydrogen-bond donors (Lipinski definition) is 1. The smallest absolute Gasteiger partial charge is 0.224 e. The van der Waals surface area contributed by atoms with E-state index in [-0.39, 0.29) is 17.7 Å². The molecule has 21 heavy (non-hydrogen) atoms. The highest BCUT2D eigenvalue weighted by atomic mass is 16.5. The van der Waals surface area contributed by atoms with Crippen molar-refractivity contribution in [3.63, 3.8) is 0 Å². The molecular weight excluding hydrogens is 266 g/mol. The summed E-state index contributed by atoms with van der Waals surface area (Å²) in [6.07, 6.45) is 2.53. The van der Waals surface area contributed by atoms with Crippen molar-refractivity contribution in [1.29, 1.82) is 0 Å². The first-order chi connectivity index (χ1) is 10.3. The summed E-state index contributed by atoms with van der Waals surface area (Å²) < 4.78 is 10.5. The van der Waals surface area contributed by atoms with Gasteiger partial charge in [-0.05, 0) is 29.7 Å². The molecule has 2 unspecified atom stereocenters. The predicted molar refractivity (Wildman–Crippen MR) is 78.6 cm³/mol. The van der Waals surface area contributed by atoms with Gasteiger partial charge >= 0.3 is 0 Å². The lowest BCUT2D eigenvalue weighted by Crippen LogP contribution is -2.25. The summed E-state index contributed by atoms with van der Waals surface area (Å²) in [6, 6.07) is 11.8. The van der Waals surface area contributed by atoms with Crippen LogP contribution in [0, 0.1) is 5.92 Å². The van der Waals surface area contributed by atoms with Gasteiger partial charge in [0, 0.05) is 25.5 Å². The van der Waals surface area contributed by atoms with E-state index < -0.39 is 0 Å². The summed E-state index contributed by atoms with van der Waals surface area (Å²) >= 11 is 0. The van der Waals surface area contributed by atoms with Gasteiger partial charge in [0.1, 0.15) is 5.76 Å². The fraction of sp³-hybridized carbons (Fsp3) is 0.353. The minimum atomic E-state index is 0.0470. The van der Waals surface area contributed by atoms with Crippen LogP contribution in [0.15, 0.2) is 47.1 Å². The largest absolute Gasteiger partial charge is 0.469 e. The van der Waals surface area contributed by atoms with Gasteiger partial charge in [0.25, 0.3) is 0 Å². The fourth-order valence-corrected chi connectivity index (χ4v) is 2.64. The molecule has 1 saturated carbocycles. The Kier molecular flexibility index (Phi) is 4.06. The van der Waals surface area contributed by atoms with Crippen molar-refractivity contribution in [2.24, 2.45) is 5.92 Å². The molecule has 1 aliphatic carbocycles. The number of carbonyl (C=O) groups excluding carboxylic acids is 1. The Bertz CT molecular complexity index is 606. The Balaban J connectivity index is 1.55. The highest BCUT2D eigenvalue weighted by molar-refractivity contribution is 5.82. The average Bonchev–Trinajstić information content (AvgIpc) is 3.12. The van der Waals surface area contributed by atoms with Crippen LogP contribution in [0.2, 0.25) is 0 Å². The third kappa shape index (κ3) is 3.16. The molecule has 0 saturated heterocycles. The predicted octanol–water partition coefficient (Wildman–Crippen LogP) is 2.85. The summed E-state index contributed by atoms with van der Waals surface area (Å²) in [5, 5.41) is 3.02. The lowest BCUT2D eigenvalue weighted by Gasteiger charge is -2.10. The quantitative estimate of drug-likeness (QED) is 0.888. The van der Waals surface area contributed by atoms with Crippen molar-refractivity contribution in [3.05, 3.63) is 59.5 Å². The van der Waals surface area contributed by atoms with Crippen LogP contribution in [0.25, 0.3) is 0 Å². The maximum absolute atomic E-state index is 12.2. The van der Waals surface area contributed by atoms with Crippen molar-refractivity contribution < 1.29 is 13.9 Å². The minimum absolute atomic E-state index is 0.0470. The molecule has 4 nitrogen and oxygen atoms in total. The number of amides is 1. The van der Waals surface area contributed by atoms with Crippen LogP contribution < -0.4 is 5.32 Å². The van der Waals surface area contributed by atoms with E-state index in [1.165, 1.54) is 0 Å². The Labute approximate surface area is 124 Å². The summed E-state index contributed by atoms with van der Waals surface area (Å²) in [6.45, 7) is 1.10. The van der Waals surface area contributed by atoms with Gasteiger partial charge < -0.3 is 14.5 Å². The van der Waals surface area contributed by atoms with Crippen LogP contribution >= 0.6 is 0 Å². The number of nitrogens with one attached hydrogen (secondary N) is 1. The maximum atomic E-state index is 12.2. The van der Waals surface area contributed by atoms with Crippen LogP contribution in [-0.4, -0.2) is 13.0 Å². The number of furan rings is 1. The molecule has 2 aromatic rings. The lowest BCUT2D eigenvalue weighted by atomic mass is 10.1. The van der Waals surface area contributed by atoms with E-state index in [0.29, 0.717) is 13.2 Å².